The SMILES string of the molecule is CC(=O)OCC(COC(C)=O)OC(=O)CC(C)CC(=O)Oc1cc(C)cc(C)c1C(C)(C)CC(=O)OC1CCC(N(CC(C)C)c2ccc([C@H](C)CC(=O)O)cc2Nc2cnc(Cl)cn2)CC1. The highest BCUT2D eigenvalue weighted by Gasteiger charge is 2.35. The van der Waals surface area contributed by atoms with Crippen molar-refractivity contribution in [3.63, 3.8) is 0 Å². The van der Waals surface area contributed by atoms with Gasteiger partial charge in [-0.2, -0.15) is 0 Å². The Kier molecular flexibility index (Phi) is 20.0. The van der Waals surface area contributed by atoms with Gasteiger partial charge < -0.3 is 39.0 Å². The van der Waals surface area contributed by atoms with E-state index < -0.39 is 47.3 Å². The van der Waals surface area contributed by atoms with Crippen molar-refractivity contribution >= 4 is 64.6 Å². The Labute approximate surface area is 398 Å². The van der Waals surface area contributed by atoms with Crippen LogP contribution in [-0.2, 0) is 53.1 Å². The summed E-state index contributed by atoms with van der Waals surface area (Å²) in [5.74, 6) is -3.23. The third kappa shape index (κ3) is 17.4. The molecule has 1 heterocycles. The highest BCUT2D eigenvalue weighted by Crippen LogP contribution is 2.40. The van der Waals surface area contributed by atoms with Crippen LogP contribution in [0.4, 0.5) is 17.2 Å². The van der Waals surface area contributed by atoms with E-state index >= 15 is 0 Å². The maximum Gasteiger partial charge on any atom is 0.311 e. The molecule has 2 atom stereocenters. The van der Waals surface area contributed by atoms with Crippen LogP contribution in [0.3, 0.4) is 0 Å². The average molecular weight is 952 g/mol. The molecule has 1 aliphatic carbocycles. The van der Waals surface area contributed by atoms with E-state index in [4.69, 9.17) is 35.3 Å². The molecule has 0 radical (unpaired) electrons. The molecule has 0 spiro atoms. The number of aliphatic carboxylic acids is 1. The van der Waals surface area contributed by atoms with Crippen LogP contribution >= 0.6 is 11.6 Å². The monoisotopic (exact) mass is 950 g/mol. The van der Waals surface area contributed by atoms with E-state index in [0.29, 0.717) is 35.9 Å². The molecule has 0 bridgehead atoms. The first-order valence-corrected chi connectivity index (χ1v) is 23.2. The molecular weight excluding hydrogens is 884 g/mol. The summed E-state index contributed by atoms with van der Waals surface area (Å²) >= 11 is 6.03. The first-order valence-electron chi connectivity index (χ1n) is 22.8. The number of benzene rings is 2. The molecule has 3 aromatic rings. The Bertz CT molecular complexity index is 2190. The van der Waals surface area contributed by atoms with Crippen molar-refractivity contribution in [3.8, 4) is 5.75 Å². The lowest BCUT2D eigenvalue weighted by Crippen LogP contribution is -2.42. The number of aromatic nitrogens is 2. The second-order valence-electron chi connectivity index (χ2n) is 18.8. The molecule has 1 saturated carbocycles. The summed E-state index contributed by atoms with van der Waals surface area (Å²) in [7, 11) is 0. The third-order valence-corrected chi connectivity index (χ3v) is 11.6. The highest BCUT2D eigenvalue weighted by atomic mass is 35.5. The van der Waals surface area contributed by atoms with Gasteiger partial charge in [0.05, 0.1) is 36.6 Å². The number of esters is 5. The summed E-state index contributed by atoms with van der Waals surface area (Å²) in [5.41, 5.74) is 4.19. The van der Waals surface area contributed by atoms with Gasteiger partial charge in [0, 0.05) is 50.3 Å². The largest absolute Gasteiger partial charge is 0.481 e. The van der Waals surface area contributed by atoms with Crippen LogP contribution < -0.4 is 15.0 Å². The smallest absolute Gasteiger partial charge is 0.311 e. The molecule has 67 heavy (non-hydrogen) atoms. The van der Waals surface area contributed by atoms with Crippen LogP contribution in [0.1, 0.15) is 135 Å². The Morgan fingerprint density at radius 1 is 0.851 bits per heavy atom. The van der Waals surface area contributed by atoms with E-state index in [0.717, 1.165) is 47.5 Å². The van der Waals surface area contributed by atoms with Crippen molar-refractivity contribution in [1.82, 2.24) is 9.97 Å². The van der Waals surface area contributed by atoms with Gasteiger partial charge in [0.15, 0.2) is 6.10 Å². The van der Waals surface area contributed by atoms with Gasteiger partial charge >= 0.3 is 35.8 Å². The second-order valence-corrected chi connectivity index (χ2v) is 19.2. The summed E-state index contributed by atoms with van der Waals surface area (Å²) in [4.78, 5) is 85.0. The van der Waals surface area contributed by atoms with Gasteiger partial charge in [-0.05, 0) is 92.2 Å². The minimum Gasteiger partial charge on any atom is -0.481 e. The van der Waals surface area contributed by atoms with E-state index in [1.54, 1.807) is 19.2 Å². The fraction of sp³-hybridized carbons (Fsp3) is 0.560. The molecule has 0 saturated heterocycles. The second kappa shape index (κ2) is 24.8. The van der Waals surface area contributed by atoms with Crippen LogP contribution in [0, 0.1) is 25.7 Å². The molecule has 2 N–H and O–H groups in total. The third-order valence-electron chi connectivity index (χ3n) is 11.4. The highest BCUT2D eigenvalue weighted by molar-refractivity contribution is 6.29. The maximum atomic E-state index is 13.8. The van der Waals surface area contributed by atoms with E-state index in [1.165, 1.54) is 20.0 Å². The minimum atomic E-state index is -1.01. The topological polar surface area (TPSA) is 210 Å². The van der Waals surface area contributed by atoms with Crippen molar-refractivity contribution in [1.29, 1.82) is 0 Å². The lowest BCUT2D eigenvalue weighted by Gasteiger charge is -2.40. The van der Waals surface area contributed by atoms with Gasteiger partial charge in [-0.25, -0.2) is 9.97 Å². The Morgan fingerprint density at radius 3 is 2.07 bits per heavy atom. The molecule has 1 unspecified atom stereocenters. The maximum absolute atomic E-state index is 13.8. The fourth-order valence-corrected chi connectivity index (χ4v) is 8.64. The van der Waals surface area contributed by atoms with Crippen molar-refractivity contribution < 1.29 is 57.6 Å². The molecule has 4 rings (SSSR count). The fourth-order valence-electron chi connectivity index (χ4n) is 8.55. The molecule has 0 amide bonds. The van der Waals surface area contributed by atoms with Crippen molar-refractivity contribution in [2.45, 2.75) is 150 Å². The molecule has 366 valence electrons. The Hall–Kier alpha value is -5.77. The van der Waals surface area contributed by atoms with Gasteiger partial charge in [0.25, 0.3) is 0 Å². The summed E-state index contributed by atoms with van der Waals surface area (Å²) in [6.07, 6.45) is 4.31. The number of hydrogen-bond donors (Lipinski definition) is 2. The van der Waals surface area contributed by atoms with E-state index in [2.05, 4.69) is 34.0 Å². The van der Waals surface area contributed by atoms with E-state index in [1.807, 2.05) is 58.9 Å². The van der Waals surface area contributed by atoms with Gasteiger partial charge in [-0.3, -0.25) is 28.8 Å². The van der Waals surface area contributed by atoms with Gasteiger partial charge in [-0.15, -0.1) is 0 Å². The predicted molar refractivity (Wildman–Crippen MR) is 252 cm³/mol. The standard InChI is InChI=1S/C50H67ClN4O12/c1-29(2)26-55(41-16-11-36(32(5)21-45(58)59)22-40(41)54-44-25-52-43(51)24-53-44)37-12-14-38(15-13-37)65-48(62)23-50(9,10)49-33(6)17-30(3)18-42(49)67-47(61)20-31(4)19-46(60)66-39(27-63-34(7)56)28-64-35(8)57/h11,16-18,22,24-25,29,31-32,37-39H,12-15,19-21,23,26-28H2,1-10H3,(H,53,54)(H,58,59)/t31?,32-,37?,38?/m1/s1. The van der Waals surface area contributed by atoms with Crippen LogP contribution in [0.2, 0.25) is 5.15 Å². The number of nitrogens with zero attached hydrogens (tertiary/aromatic N) is 3. The number of halogens is 1. The lowest BCUT2D eigenvalue weighted by molar-refractivity contribution is -0.166. The quantitative estimate of drug-likeness (QED) is 0.0516. The summed E-state index contributed by atoms with van der Waals surface area (Å²) in [6.45, 7) is 18.1. The zero-order valence-electron chi connectivity index (χ0n) is 40.4. The molecule has 1 aliphatic rings. The number of carboxylic acids is 1. The van der Waals surface area contributed by atoms with Crippen molar-refractivity contribution in [2.75, 3.05) is 30.0 Å². The lowest BCUT2D eigenvalue weighted by atomic mass is 9.78. The first-order chi connectivity index (χ1) is 31.5. The number of carbonyl (C=O) groups excluding carboxylic acids is 5. The van der Waals surface area contributed by atoms with Crippen LogP contribution in [0.5, 0.6) is 5.75 Å². The normalized spacial score (nSPS) is 15.8. The summed E-state index contributed by atoms with van der Waals surface area (Å²) in [5, 5.41) is 13.2. The van der Waals surface area contributed by atoms with Gasteiger partial charge in [0.1, 0.15) is 36.0 Å². The minimum absolute atomic E-state index is 0.0117. The number of carbonyl (C=O) groups is 6. The number of aryl methyl sites for hydroxylation is 2. The van der Waals surface area contributed by atoms with E-state index in [-0.39, 0.29) is 68.1 Å². The Morgan fingerprint density at radius 2 is 1.49 bits per heavy atom. The predicted octanol–water partition coefficient (Wildman–Crippen LogP) is 9.11. The number of rotatable bonds is 23. The number of ether oxygens (including phenoxy) is 5. The molecule has 1 aromatic heterocycles. The summed E-state index contributed by atoms with van der Waals surface area (Å²) < 4.78 is 27.4. The Balaban J connectivity index is 1.41. The van der Waals surface area contributed by atoms with Crippen LogP contribution in [-0.4, -0.2) is 88.9 Å². The number of anilines is 3. The van der Waals surface area contributed by atoms with Gasteiger partial charge in [0.2, 0.25) is 0 Å². The van der Waals surface area contributed by atoms with Crippen LogP contribution in [0.25, 0.3) is 0 Å². The number of carboxylic acid groups (broad SMARTS) is 1. The van der Waals surface area contributed by atoms with E-state index in [9.17, 15) is 33.9 Å². The average Bonchev–Trinajstić information content (AvgIpc) is 3.21. The molecular formula is C50H67ClN4O12. The molecule has 17 heteroatoms. The molecule has 16 nitrogen and oxygen atoms in total. The summed E-state index contributed by atoms with van der Waals surface area (Å²) in [6, 6.07) is 9.86. The van der Waals surface area contributed by atoms with Crippen molar-refractivity contribution in [2.24, 2.45) is 11.8 Å². The zero-order valence-corrected chi connectivity index (χ0v) is 41.2. The van der Waals surface area contributed by atoms with Crippen LogP contribution in [0.15, 0.2) is 42.7 Å². The molecule has 1 fully saturated rings. The molecule has 0 aliphatic heterocycles. The number of nitrogens with one attached hydrogen (secondary N) is 1. The zero-order chi connectivity index (χ0) is 49.6. The van der Waals surface area contributed by atoms with Crippen molar-refractivity contribution in [3.05, 3.63) is 70.1 Å². The van der Waals surface area contributed by atoms with Gasteiger partial charge in [-0.1, -0.05) is 65.3 Å². The number of hydrogen-bond acceptors (Lipinski definition) is 15. The molecule has 2 aromatic carbocycles. The first kappa shape index (κ1) is 53.8.